The van der Waals surface area contributed by atoms with E-state index >= 15 is 0 Å². The average Bonchev–Trinajstić information content (AvgIpc) is 3.28. The monoisotopic (exact) mass is 342 g/mol. The first-order valence-corrected chi connectivity index (χ1v) is 9.35. The van der Waals surface area contributed by atoms with Crippen molar-refractivity contribution in [3.8, 4) is 0 Å². The summed E-state index contributed by atoms with van der Waals surface area (Å²) in [6, 6.07) is 6.73. The van der Waals surface area contributed by atoms with Crippen LogP contribution >= 0.6 is 11.3 Å². The number of nitrogens with zero attached hydrogens (tertiary/aromatic N) is 5. The van der Waals surface area contributed by atoms with E-state index in [1.807, 2.05) is 17.4 Å². The van der Waals surface area contributed by atoms with Gasteiger partial charge in [0.2, 0.25) is 0 Å². The fourth-order valence-electron chi connectivity index (χ4n) is 3.30. The Morgan fingerprint density at radius 2 is 2.17 bits per heavy atom. The molecule has 1 unspecified atom stereocenters. The summed E-state index contributed by atoms with van der Waals surface area (Å²) in [6.45, 7) is 5.54. The summed E-state index contributed by atoms with van der Waals surface area (Å²) in [4.78, 5) is 12.4. The van der Waals surface area contributed by atoms with Gasteiger partial charge in [0.25, 0.3) is 5.78 Å². The number of aromatic nitrogens is 4. The van der Waals surface area contributed by atoms with E-state index in [0.717, 1.165) is 18.3 Å². The summed E-state index contributed by atoms with van der Waals surface area (Å²) >= 11 is 1.84. The van der Waals surface area contributed by atoms with E-state index in [9.17, 15) is 0 Å². The number of rotatable bonds is 5. The molecule has 1 saturated heterocycles. The first-order chi connectivity index (χ1) is 11.8. The van der Waals surface area contributed by atoms with Crippen LogP contribution in [0.3, 0.4) is 0 Å². The Morgan fingerprint density at radius 3 is 2.96 bits per heavy atom. The van der Waals surface area contributed by atoms with Gasteiger partial charge in [-0.1, -0.05) is 13.0 Å². The van der Waals surface area contributed by atoms with E-state index in [2.05, 4.69) is 49.7 Å². The molecule has 1 N–H and O–H groups in total. The molecule has 6 nitrogen and oxygen atoms in total. The molecule has 0 amide bonds. The molecular formula is C17H22N6S. The maximum atomic E-state index is 4.25. The Balaban J connectivity index is 1.53. The molecule has 1 aliphatic rings. The molecule has 3 aromatic rings. The van der Waals surface area contributed by atoms with Gasteiger partial charge in [0.05, 0.1) is 6.04 Å². The van der Waals surface area contributed by atoms with Gasteiger partial charge in [-0.25, -0.2) is 4.98 Å². The molecular weight excluding hydrogens is 320 g/mol. The highest BCUT2D eigenvalue weighted by Crippen LogP contribution is 2.29. The average molecular weight is 342 g/mol. The van der Waals surface area contributed by atoms with Crippen LogP contribution in [0.2, 0.25) is 0 Å². The zero-order valence-corrected chi connectivity index (χ0v) is 14.6. The van der Waals surface area contributed by atoms with Crippen molar-refractivity contribution in [1.29, 1.82) is 0 Å². The van der Waals surface area contributed by atoms with E-state index in [1.54, 1.807) is 10.7 Å². The van der Waals surface area contributed by atoms with E-state index < -0.39 is 0 Å². The zero-order valence-electron chi connectivity index (χ0n) is 13.8. The second-order valence-electron chi connectivity index (χ2n) is 6.43. The SMILES string of the molecule is CC1CCN(C(CNc2ccnc3ncnn23)c2cccs2)CC1. The minimum absolute atomic E-state index is 0.393. The third kappa shape index (κ3) is 3.14. The van der Waals surface area contributed by atoms with Crippen LogP contribution in [0.15, 0.2) is 36.1 Å². The predicted molar refractivity (Wildman–Crippen MR) is 96.3 cm³/mol. The second kappa shape index (κ2) is 6.86. The largest absolute Gasteiger partial charge is 0.368 e. The van der Waals surface area contributed by atoms with Crippen molar-refractivity contribution in [2.24, 2.45) is 5.92 Å². The molecule has 1 aliphatic heterocycles. The minimum Gasteiger partial charge on any atom is -0.368 e. The lowest BCUT2D eigenvalue weighted by Crippen LogP contribution is -2.38. The summed E-state index contributed by atoms with van der Waals surface area (Å²) in [5, 5.41) is 9.97. The van der Waals surface area contributed by atoms with Crippen molar-refractivity contribution >= 4 is 22.9 Å². The quantitative estimate of drug-likeness (QED) is 0.772. The van der Waals surface area contributed by atoms with Gasteiger partial charge in [0.1, 0.15) is 12.1 Å². The number of anilines is 1. The molecule has 1 fully saturated rings. The molecule has 24 heavy (non-hydrogen) atoms. The standard InChI is InChI=1S/C17H22N6S/c1-13-5-8-22(9-6-13)14(15-3-2-10-24-15)11-19-16-4-7-18-17-20-12-21-23(16)17/h2-4,7,10,12-14,19H,5-6,8-9,11H2,1H3. The fourth-order valence-corrected chi connectivity index (χ4v) is 4.17. The summed E-state index contributed by atoms with van der Waals surface area (Å²) in [5.74, 6) is 2.40. The smallest absolute Gasteiger partial charge is 0.254 e. The van der Waals surface area contributed by atoms with Crippen molar-refractivity contribution in [1.82, 2.24) is 24.5 Å². The third-order valence-corrected chi connectivity index (χ3v) is 5.76. The molecule has 0 aliphatic carbocycles. The normalized spacial score (nSPS) is 18.0. The van der Waals surface area contributed by atoms with E-state index in [-0.39, 0.29) is 0 Å². The van der Waals surface area contributed by atoms with Crippen LogP contribution < -0.4 is 5.32 Å². The van der Waals surface area contributed by atoms with Gasteiger partial charge in [-0.2, -0.15) is 14.6 Å². The van der Waals surface area contributed by atoms with Gasteiger partial charge >= 0.3 is 0 Å². The molecule has 4 heterocycles. The highest BCUT2D eigenvalue weighted by Gasteiger charge is 2.25. The molecule has 0 aromatic carbocycles. The molecule has 0 saturated carbocycles. The van der Waals surface area contributed by atoms with Crippen LogP contribution in [-0.2, 0) is 0 Å². The number of thiophene rings is 1. The highest BCUT2D eigenvalue weighted by molar-refractivity contribution is 7.10. The van der Waals surface area contributed by atoms with E-state index in [0.29, 0.717) is 11.8 Å². The van der Waals surface area contributed by atoms with Crippen molar-refractivity contribution in [3.63, 3.8) is 0 Å². The molecule has 0 bridgehead atoms. The predicted octanol–water partition coefficient (Wildman–Crippen LogP) is 3.07. The van der Waals surface area contributed by atoms with Crippen LogP contribution in [0.5, 0.6) is 0 Å². The van der Waals surface area contributed by atoms with Crippen LogP contribution in [0, 0.1) is 5.92 Å². The maximum absolute atomic E-state index is 4.25. The number of hydrogen-bond donors (Lipinski definition) is 1. The zero-order chi connectivity index (χ0) is 16.4. The van der Waals surface area contributed by atoms with Crippen molar-refractivity contribution in [3.05, 3.63) is 41.0 Å². The summed E-state index contributed by atoms with van der Waals surface area (Å²) in [5.41, 5.74) is 0. The van der Waals surface area contributed by atoms with Crippen LogP contribution in [-0.4, -0.2) is 44.1 Å². The van der Waals surface area contributed by atoms with E-state index in [1.165, 1.54) is 37.1 Å². The number of piperidine rings is 1. The Kier molecular flexibility index (Phi) is 4.44. The van der Waals surface area contributed by atoms with Gasteiger partial charge in [-0.05, 0) is 49.4 Å². The van der Waals surface area contributed by atoms with Gasteiger partial charge < -0.3 is 5.32 Å². The topological polar surface area (TPSA) is 58.3 Å². The van der Waals surface area contributed by atoms with Crippen molar-refractivity contribution in [2.75, 3.05) is 25.0 Å². The summed E-state index contributed by atoms with van der Waals surface area (Å²) < 4.78 is 1.75. The lowest BCUT2D eigenvalue weighted by molar-refractivity contribution is 0.145. The number of fused-ring (bicyclic) bond motifs is 1. The minimum atomic E-state index is 0.393. The van der Waals surface area contributed by atoms with Crippen LogP contribution in [0.4, 0.5) is 5.82 Å². The molecule has 1 atom stereocenters. The first kappa shape index (κ1) is 15.5. The highest BCUT2D eigenvalue weighted by atomic mass is 32.1. The number of hydrogen-bond acceptors (Lipinski definition) is 6. The Bertz CT molecular complexity index is 775. The van der Waals surface area contributed by atoms with Crippen molar-refractivity contribution in [2.45, 2.75) is 25.8 Å². The molecule has 0 radical (unpaired) electrons. The Hall–Kier alpha value is -1.99. The Labute approximate surface area is 145 Å². The molecule has 126 valence electrons. The van der Waals surface area contributed by atoms with E-state index in [4.69, 9.17) is 0 Å². The lowest BCUT2D eigenvalue weighted by atomic mass is 9.97. The number of nitrogens with one attached hydrogen (secondary N) is 1. The van der Waals surface area contributed by atoms with Gasteiger partial charge in [0.15, 0.2) is 0 Å². The third-order valence-electron chi connectivity index (χ3n) is 4.79. The fraction of sp³-hybridized carbons (Fsp3) is 0.471. The maximum Gasteiger partial charge on any atom is 0.254 e. The van der Waals surface area contributed by atoms with Crippen LogP contribution in [0.1, 0.15) is 30.7 Å². The Morgan fingerprint density at radius 1 is 1.29 bits per heavy atom. The molecule has 4 rings (SSSR count). The summed E-state index contributed by atoms with van der Waals surface area (Å²) in [7, 11) is 0. The summed E-state index contributed by atoms with van der Waals surface area (Å²) in [6.07, 6.45) is 5.88. The van der Waals surface area contributed by atoms with Gasteiger partial charge in [0, 0.05) is 17.6 Å². The lowest BCUT2D eigenvalue weighted by Gasteiger charge is -2.36. The van der Waals surface area contributed by atoms with Crippen molar-refractivity contribution < 1.29 is 0 Å². The molecule has 7 heteroatoms. The molecule has 0 spiro atoms. The number of likely N-dealkylation sites (tertiary alicyclic amines) is 1. The second-order valence-corrected chi connectivity index (χ2v) is 7.41. The first-order valence-electron chi connectivity index (χ1n) is 8.47. The van der Waals surface area contributed by atoms with Crippen LogP contribution in [0.25, 0.3) is 5.78 Å². The van der Waals surface area contributed by atoms with Gasteiger partial charge in [-0.3, -0.25) is 4.90 Å². The van der Waals surface area contributed by atoms with Gasteiger partial charge in [-0.15, -0.1) is 11.3 Å². The molecule has 3 aromatic heterocycles.